The molecule has 0 radical (unpaired) electrons. The van der Waals surface area contributed by atoms with Crippen molar-refractivity contribution in [3.8, 4) is 0 Å². The van der Waals surface area contributed by atoms with Crippen molar-refractivity contribution in [1.29, 1.82) is 0 Å². The largest absolute Gasteiger partial charge is 0.245 e. The van der Waals surface area contributed by atoms with Gasteiger partial charge in [-0.3, -0.25) is 0 Å². The fourth-order valence-corrected chi connectivity index (χ4v) is 2.00. The van der Waals surface area contributed by atoms with Crippen LogP contribution in [0.2, 0.25) is 5.02 Å². The maximum Gasteiger partial charge on any atom is 0.157 e. The Balaban J connectivity index is 2.25. The van der Waals surface area contributed by atoms with E-state index in [-0.39, 0.29) is 0 Å². The summed E-state index contributed by atoms with van der Waals surface area (Å²) in [5, 5.41) is 0.649. The lowest BCUT2D eigenvalue weighted by Crippen LogP contribution is -1.85. The average molecular weight is 240 g/mol. The Morgan fingerprint density at radius 3 is 2.60 bits per heavy atom. The van der Waals surface area contributed by atoms with Gasteiger partial charge in [-0.25, -0.2) is 9.37 Å². The third-order valence-corrected chi connectivity index (χ3v) is 2.94. The Bertz CT molecular complexity index is 461. The highest BCUT2D eigenvalue weighted by Crippen LogP contribution is 2.28. The van der Waals surface area contributed by atoms with Crippen molar-refractivity contribution in [3.63, 3.8) is 0 Å². The molecule has 15 heavy (non-hydrogen) atoms. The van der Waals surface area contributed by atoms with Gasteiger partial charge in [-0.1, -0.05) is 41.6 Å². The van der Waals surface area contributed by atoms with Gasteiger partial charge in [0.25, 0.3) is 0 Å². The summed E-state index contributed by atoms with van der Waals surface area (Å²) in [7, 11) is 0. The van der Waals surface area contributed by atoms with Gasteiger partial charge in [0.2, 0.25) is 0 Å². The van der Waals surface area contributed by atoms with Gasteiger partial charge >= 0.3 is 0 Å². The SMILES string of the molecule is Fc1cc(Cl)cnc1Sc1ccccc1. The first-order chi connectivity index (χ1) is 7.25. The Labute approximate surface area is 96.3 Å². The zero-order valence-corrected chi connectivity index (χ0v) is 9.23. The second-order valence-electron chi connectivity index (χ2n) is 2.86. The van der Waals surface area contributed by atoms with E-state index in [0.717, 1.165) is 4.90 Å². The smallest absolute Gasteiger partial charge is 0.157 e. The van der Waals surface area contributed by atoms with E-state index >= 15 is 0 Å². The molecule has 0 saturated heterocycles. The molecule has 0 fully saturated rings. The number of hydrogen-bond acceptors (Lipinski definition) is 2. The summed E-state index contributed by atoms with van der Waals surface area (Å²) < 4.78 is 13.4. The van der Waals surface area contributed by atoms with E-state index < -0.39 is 5.82 Å². The zero-order valence-electron chi connectivity index (χ0n) is 7.65. The molecule has 4 heteroatoms. The van der Waals surface area contributed by atoms with Gasteiger partial charge in [0.1, 0.15) is 5.03 Å². The van der Waals surface area contributed by atoms with Gasteiger partial charge in [-0.15, -0.1) is 0 Å². The Kier molecular flexibility index (Phi) is 3.23. The lowest BCUT2D eigenvalue weighted by molar-refractivity contribution is 0.588. The summed E-state index contributed by atoms with van der Waals surface area (Å²) in [4.78, 5) is 4.88. The molecule has 1 nitrogen and oxygen atoms in total. The summed E-state index contributed by atoms with van der Waals surface area (Å²) in [6.45, 7) is 0. The predicted molar refractivity (Wildman–Crippen MR) is 59.8 cm³/mol. The van der Waals surface area contributed by atoms with E-state index in [1.165, 1.54) is 24.0 Å². The van der Waals surface area contributed by atoms with E-state index in [9.17, 15) is 4.39 Å². The Morgan fingerprint density at radius 2 is 1.93 bits per heavy atom. The topological polar surface area (TPSA) is 12.9 Å². The molecule has 0 aliphatic rings. The summed E-state index contributed by atoms with van der Waals surface area (Å²) in [6.07, 6.45) is 1.44. The standard InChI is InChI=1S/C11H7ClFNS/c12-8-6-10(13)11(14-7-8)15-9-4-2-1-3-5-9/h1-7H. The highest BCUT2D eigenvalue weighted by molar-refractivity contribution is 7.99. The molecule has 1 aromatic heterocycles. The molecule has 0 spiro atoms. The van der Waals surface area contributed by atoms with Crippen LogP contribution in [0.3, 0.4) is 0 Å². The first-order valence-corrected chi connectivity index (χ1v) is 5.49. The van der Waals surface area contributed by atoms with E-state index in [1.54, 1.807) is 0 Å². The van der Waals surface area contributed by atoms with Gasteiger partial charge in [-0.2, -0.15) is 0 Å². The third-order valence-electron chi connectivity index (χ3n) is 1.73. The number of aromatic nitrogens is 1. The Hall–Kier alpha value is -1.06. The number of rotatable bonds is 2. The van der Waals surface area contributed by atoms with Crippen LogP contribution in [0, 0.1) is 5.82 Å². The molecular formula is C11H7ClFNS. The van der Waals surface area contributed by atoms with Crippen LogP contribution >= 0.6 is 23.4 Å². The summed E-state index contributed by atoms with van der Waals surface area (Å²) in [6, 6.07) is 10.8. The molecule has 1 heterocycles. The summed E-state index contributed by atoms with van der Waals surface area (Å²) >= 11 is 6.89. The van der Waals surface area contributed by atoms with Crippen LogP contribution < -0.4 is 0 Å². The molecule has 76 valence electrons. The quantitative estimate of drug-likeness (QED) is 0.785. The number of nitrogens with zero attached hydrogens (tertiary/aromatic N) is 1. The summed E-state index contributed by atoms with van der Waals surface area (Å²) in [5.74, 6) is -0.392. The first-order valence-electron chi connectivity index (χ1n) is 4.29. The molecule has 0 saturated carbocycles. The van der Waals surface area contributed by atoms with E-state index in [1.807, 2.05) is 30.3 Å². The second kappa shape index (κ2) is 4.64. The number of hydrogen-bond donors (Lipinski definition) is 0. The van der Waals surface area contributed by atoms with Crippen LogP contribution in [0.15, 0.2) is 52.5 Å². The molecule has 0 N–H and O–H groups in total. The molecule has 1 aromatic carbocycles. The Morgan fingerprint density at radius 1 is 1.20 bits per heavy atom. The maximum atomic E-state index is 13.4. The van der Waals surface area contributed by atoms with Crippen molar-refractivity contribution in [2.45, 2.75) is 9.92 Å². The fourth-order valence-electron chi connectivity index (χ4n) is 1.08. The third kappa shape index (κ3) is 2.70. The van der Waals surface area contributed by atoms with Gasteiger partial charge in [-0.05, 0) is 18.2 Å². The minimum absolute atomic E-state index is 0.310. The van der Waals surface area contributed by atoms with E-state index in [2.05, 4.69) is 4.98 Å². The molecule has 0 aliphatic heterocycles. The lowest BCUT2D eigenvalue weighted by Gasteiger charge is -2.01. The maximum absolute atomic E-state index is 13.4. The monoisotopic (exact) mass is 239 g/mol. The van der Waals surface area contributed by atoms with Gasteiger partial charge in [0.15, 0.2) is 5.82 Å². The number of pyridine rings is 1. The minimum Gasteiger partial charge on any atom is -0.245 e. The van der Waals surface area contributed by atoms with Crippen LogP contribution in [0.5, 0.6) is 0 Å². The van der Waals surface area contributed by atoms with Crippen molar-refractivity contribution < 1.29 is 4.39 Å². The molecule has 2 rings (SSSR count). The second-order valence-corrected chi connectivity index (χ2v) is 4.35. The average Bonchev–Trinajstić information content (AvgIpc) is 2.24. The van der Waals surface area contributed by atoms with Gasteiger partial charge < -0.3 is 0 Å². The van der Waals surface area contributed by atoms with E-state index in [4.69, 9.17) is 11.6 Å². The van der Waals surface area contributed by atoms with E-state index in [0.29, 0.717) is 10.0 Å². The summed E-state index contributed by atoms with van der Waals surface area (Å²) in [5.41, 5.74) is 0. The molecule has 0 amide bonds. The van der Waals surface area contributed by atoms with Crippen molar-refractivity contribution in [3.05, 3.63) is 53.4 Å². The molecule has 0 aliphatic carbocycles. The van der Waals surface area contributed by atoms with Crippen molar-refractivity contribution >= 4 is 23.4 Å². The van der Waals surface area contributed by atoms with Crippen molar-refractivity contribution in [2.24, 2.45) is 0 Å². The molecule has 0 atom stereocenters. The lowest BCUT2D eigenvalue weighted by atomic mass is 10.4. The van der Waals surface area contributed by atoms with Crippen LogP contribution in [0.25, 0.3) is 0 Å². The minimum atomic E-state index is -0.392. The molecular weight excluding hydrogens is 233 g/mol. The van der Waals surface area contributed by atoms with Gasteiger partial charge in [0, 0.05) is 11.1 Å². The zero-order chi connectivity index (χ0) is 10.7. The number of halogens is 2. The van der Waals surface area contributed by atoms with Crippen LogP contribution in [0.1, 0.15) is 0 Å². The molecule has 2 aromatic rings. The fraction of sp³-hybridized carbons (Fsp3) is 0. The first kappa shape index (κ1) is 10.5. The van der Waals surface area contributed by atoms with Crippen LogP contribution in [-0.2, 0) is 0 Å². The van der Waals surface area contributed by atoms with Crippen molar-refractivity contribution in [2.75, 3.05) is 0 Å². The molecule has 0 unspecified atom stereocenters. The highest BCUT2D eigenvalue weighted by Gasteiger charge is 2.05. The van der Waals surface area contributed by atoms with Crippen LogP contribution in [0.4, 0.5) is 4.39 Å². The van der Waals surface area contributed by atoms with Crippen molar-refractivity contribution in [1.82, 2.24) is 4.98 Å². The number of benzene rings is 1. The molecule has 0 bridgehead atoms. The normalized spacial score (nSPS) is 10.3. The highest BCUT2D eigenvalue weighted by atomic mass is 35.5. The van der Waals surface area contributed by atoms with Crippen LogP contribution in [-0.4, -0.2) is 4.98 Å². The van der Waals surface area contributed by atoms with Gasteiger partial charge in [0.05, 0.1) is 5.02 Å². The predicted octanol–water partition coefficient (Wildman–Crippen LogP) is 4.03.